The molecule has 1 aliphatic heterocycles. The first kappa shape index (κ1) is 22.3. The fraction of sp³-hybridized carbons (Fsp3) is 0.214. The van der Waals surface area contributed by atoms with Crippen LogP contribution in [0.25, 0.3) is 6.08 Å². The van der Waals surface area contributed by atoms with Crippen LogP contribution in [0.1, 0.15) is 42.9 Å². The van der Waals surface area contributed by atoms with Gasteiger partial charge in [-0.1, -0.05) is 62.4 Å². The lowest BCUT2D eigenvalue weighted by Crippen LogP contribution is -2.10. The first-order valence-corrected chi connectivity index (χ1v) is 11.2. The normalized spacial score (nSPS) is 15.2. The molecule has 0 radical (unpaired) electrons. The Morgan fingerprint density at radius 3 is 2.36 bits per heavy atom. The topological polar surface area (TPSA) is 57.1 Å². The molecule has 0 bridgehead atoms. The summed E-state index contributed by atoms with van der Waals surface area (Å²) in [6.45, 7) is 5.28. The van der Waals surface area contributed by atoms with Crippen molar-refractivity contribution in [3.63, 3.8) is 0 Å². The van der Waals surface area contributed by atoms with Crippen molar-refractivity contribution >= 4 is 17.9 Å². The average Bonchev–Trinajstić information content (AvgIpc) is 3.23. The van der Waals surface area contributed by atoms with Crippen molar-refractivity contribution in [2.24, 2.45) is 4.99 Å². The Morgan fingerprint density at radius 2 is 1.61 bits per heavy atom. The molecule has 4 rings (SSSR count). The maximum Gasteiger partial charge on any atom is 0.363 e. The Morgan fingerprint density at radius 1 is 0.909 bits per heavy atom. The molecular formula is C28H27NO4. The standard InChI is InChI=1S/C28H27NO4/c1-3-20(2)24-11-7-8-12-26(24)32-18-17-31-23-15-13-21(14-16-23)19-25-28(30)33-27(29-25)22-9-5-4-6-10-22/h4-16,19-20H,3,17-18H2,1-2H3/b25-19+/t20-/m1/s1. The largest absolute Gasteiger partial charge is 0.490 e. The second-order valence-electron chi connectivity index (χ2n) is 7.82. The predicted octanol–water partition coefficient (Wildman–Crippen LogP) is 6.00. The molecular weight excluding hydrogens is 414 g/mol. The van der Waals surface area contributed by atoms with Crippen LogP contribution < -0.4 is 9.47 Å². The summed E-state index contributed by atoms with van der Waals surface area (Å²) in [5, 5.41) is 0. The second kappa shape index (κ2) is 10.6. The Labute approximate surface area is 194 Å². The van der Waals surface area contributed by atoms with Crippen molar-refractivity contribution in [2.45, 2.75) is 26.2 Å². The number of hydrogen-bond donors (Lipinski definition) is 0. The molecule has 0 amide bonds. The summed E-state index contributed by atoms with van der Waals surface area (Å²) in [6.07, 6.45) is 2.77. The molecule has 3 aromatic carbocycles. The lowest BCUT2D eigenvalue weighted by Gasteiger charge is -2.15. The number of esters is 1. The number of rotatable bonds is 9. The van der Waals surface area contributed by atoms with Crippen LogP contribution in [0.2, 0.25) is 0 Å². The van der Waals surface area contributed by atoms with Gasteiger partial charge in [-0.25, -0.2) is 9.79 Å². The van der Waals surface area contributed by atoms with Crippen LogP contribution in [0.3, 0.4) is 0 Å². The summed E-state index contributed by atoms with van der Waals surface area (Å²) in [5.41, 5.74) is 3.11. The molecule has 0 spiro atoms. The molecule has 0 aromatic heterocycles. The Hall–Kier alpha value is -3.86. The summed E-state index contributed by atoms with van der Waals surface area (Å²) >= 11 is 0. The van der Waals surface area contributed by atoms with Crippen molar-refractivity contribution in [2.75, 3.05) is 13.2 Å². The number of carbonyl (C=O) groups excluding carboxylic acids is 1. The SMILES string of the molecule is CC[C@@H](C)c1ccccc1OCCOc1ccc(/C=C2/N=C(c3ccccc3)OC2=O)cc1. The van der Waals surface area contributed by atoms with E-state index in [4.69, 9.17) is 14.2 Å². The van der Waals surface area contributed by atoms with Gasteiger partial charge in [-0.15, -0.1) is 0 Å². The molecule has 0 aliphatic carbocycles. The fourth-order valence-corrected chi connectivity index (χ4v) is 3.48. The van der Waals surface area contributed by atoms with E-state index >= 15 is 0 Å². The summed E-state index contributed by atoms with van der Waals surface area (Å²) in [4.78, 5) is 16.5. The number of benzene rings is 3. The first-order chi connectivity index (χ1) is 16.1. The summed E-state index contributed by atoms with van der Waals surface area (Å²) in [5.74, 6) is 1.97. The van der Waals surface area contributed by atoms with E-state index in [1.54, 1.807) is 6.08 Å². The Bertz CT molecular complexity index is 1150. The van der Waals surface area contributed by atoms with E-state index in [0.717, 1.165) is 29.0 Å². The highest BCUT2D eigenvalue weighted by Gasteiger charge is 2.23. The molecule has 1 heterocycles. The van der Waals surface area contributed by atoms with Gasteiger partial charge in [0.05, 0.1) is 0 Å². The molecule has 5 heteroatoms. The van der Waals surface area contributed by atoms with Crippen molar-refractivity contribution in [3.8, 4) is 11.5 Å². The summed E-state index contributed by atoms with van der Waals surface area (Å²) < 4.78 is 17.1. The molecule has 3 aromatic rings. The number of ether oxygens (including phenoxy) is 3. The van der Waals surface area contributed by atoms with Crippen molar-refractivity contribution in [1.29, 1.82) is 0 Å². The van der Waals surface area contributed by atoms with Crippen LogP contribution in [0.5, 0.6) is 11.5 Å². The van der Waals surface area contributed by atoms with Crippen molar-refractivity contribution in [3.05, 3.63) is 101 Å². The van der Waals surface area contributed by atoms with E-state index in [1.165, 1.54) is 5.56 Å². The van der Waals surface area contributed by atoms with Gasteiger partial charge in [0.25, 0.3) is 0 Å². The highest BCUT2D eigenvalue weighted by atomic mass is 16.6. The zero-order valence-corrected chi connectivity index (χ0v) is 18.9. The monoisotopic (exact) mass is 441 g/mol. The van der Waals surface area contributed by atoms with E-state index in [2.05, 4.69) is 24.9 Å². The van der Waals surface area contributed by atoms with Crippen LogP contribution in [-0.4, -0.2) is 25.1 Å². The number of cyclic esters (lactones) is 1. The third-order valence-corrected chi connectivity index (χ3v) is 5.50. The zero-order chi connectivity index (χ0) is 23.0. The molecule has 1 aliphatic rings. The van der Waals surface area contributed by atoms with E-state index < -0.39 is 5.97 Å². The molecule has 0 saturated heterocycles. The molecule has 168 valence electrons. The minimum absolute atomic E-state index is 0.274. The second-order valence-corrected chi connectivity index (χ2v) is 7.82. The number of carbonyl (C=O) groups is 1. The smallest absolute Gasteiger partial charge is 0.363 e. The van der Waals surface area contributed by atoms with Gasteiger partial charge in [0.15, 0.2) is 5.70 Å². The highest BCUT2D eigenvalue weighted by Crippen LogP contribution is 2.28. The van der Waals surface area contributed by atoms with E-state index in [1.807, 2.05) is 72.8 Å². The molecule has 0 saturated carbocycles. The number of hydrogen-bond acceptors (Lipinski definition) is 5. The van der Waals surface area contributed by atoms with Crippen molar-refractivity contribution < 1.29 is 19.0 Å². The van der Waals surface area contributed by atoms with Gasteiger partial charge in [-0.2, -0.15) is 0 Å². The quantitative estimate of drug-likeness (QED) is 0.232. The lowest BCUT2D eigenvalue weighted by atomic mass is 9.98. The van der Waals surface area contributed by atoms with Gasteiger partial charge in [0, 0.05) is 5.56 Å². The van der Waals surface area contributed by atoms with Gasteiger partial charge < -0.3 is 14.2 Å². The Kier molecular flexibility index (Phi) is 7.20. The van der Waals surface area contributed by atoms with Gasteiger partial charge in [0.2, 0.25) is 5.90 Å². The van der Waals surface area contributed by atoms with Gasteiger partial charge in [-0.3, -0.25) is 0 Å². The lowest BCUT2D eigenvalue weighted by molar-refractivity contribution is -0.129. The van der Waals surface area contributed by atoms with Crippen LogP contribution in [0.4, 0.5) is 0 Å². The maximum absolute atomic E-state index is 12.2. The van der Waals surface area contributed by atoms with E-state index in [9.17, 15) is 4.79 Å². The molecule has 0 unspecified atom stereocenters. The van der Waals surface area contributed by atoms with Gasteiger partial charge in [-0.05, 0) is 59.9 Å². The van der Waals surface area contributed by atoms with Crippen LogP contribution in [0, 0.1) is 0 Å². The number of para-hydroxylation sites is 1. The molecule has 0 N–H and O–H groups in total. The predicted molar refractivity (Wildman–Crippen MR) is 130 cm³/mol. The molecule has 1 atom stereocenters. The third kappa shape index (κ3) is 5.69. The van der Waals surface area contributed by atoms with Crippen molar-refractivity contribution in [1.82, 2.24) is 0 Å². The number of aliphatic imine (C=N–C) groups is 1. The minimum atomic E-state index is -0.455. The van der Waals surface area contributed by atoms with Crippen LogP contribution in [0.15, 0.2) is 89.6 Å². The summed E-state index contributed by atoms with van der Waals surface area (Å²) in [6, 6.07) is 25.0. The van der Waals surface area contributed by atoms with Gasteiger partial charge in [0.1, 0.15) is 24.7 Å². The molecule has 5 nitrogen and oxygen atoms in total. The van der Waals surface area contributed by atoms with Crippen LogP contribution in [-0.2, 0) is 9.53 Å². The highest BCUT2D eigenvalue weighted by molar-refractivity contribution is 6.12. The minimum Gasteiger partial charge on any atom is -0.490 e. The average molecular weight is 442 g/mol. The van der Waals surface area contributed by atoms with Crippen LogP contribution >= 0.6 is 0 Å². The fourth-order valence-electron chi connectivity index (χ4n) is 3.48. The first-order valence-electron chi connectivity index (χ1n) is 11.2. The number of nitrogens with zero attached hydrogens (tertiary/aromatic N) is 1. The van der Waals surface area contributed by atoms with E-state index in [0.29, 0.717) is 25.0 Å². The molecule has 33 heavy (non-hydrogen) atoms. The third-order valence-electron chi connectivity index (χ3n) is 5.50. The summed E-state index contributed by atoms with van der Waals surface area (Å²) in [7, 11) is 0. The zero-order valence-electron chi connectivity index (χ0n) is 18.9. The molecule has 0 fully saturated rings. The van der Waals surface area contributed by atoms with E-state index in [-0.39, 0.29) is 5.70 Å². The van der Waals surface area contributed by atoms with Gasteiger partial charge >= 0.3 is 5.97 Å². The maximum atomic E-state index is 12.2. The Balaban J connectivity index is 1.32.